The van der Waals surface area contributed by atoms with Crippen molar-refractivity contribution < 1.29 is 4.79 Å². The fourth-order valence-corrected chi connectivity index (χ4v) is 2.31. The van der Waals surface area contributed by atoms with Crippen LogP contribution in [0.5, 0.6) is 0 Å². The van der Waals surface area contributed by atoms with Crippen LogP contribution in [0.15, 0.2) is 42.5 Å². The molecule has 0 saturated heterocycles. The average molecular weight is 319 g/mol. The van der Waals surface area contributed by atoms with Crippen molar-refractivity contribution in [3.63, 3.8) is 0 Å². The third kappa shape index (κ3) is 3.60. The van der Waals surface area contributed by atoms with E-state index >= 15 is 0 Å². The summed E-state index contributed by atoms with van der Waals surface area (Å²) in [5.74, 6) is -0.200. The van der Waals surface area contributed by atoms with Gasteiger partial charge in [-0.25, -0.2) is 0 Å². The van der Waals surface area contributed by atoms with Gasteiger partial charge in [0.15, 0.2) is 0 Å². The molecule has 0 atom stereocenters. The van der Waals surface area contributed by atoms with Gasteiger partial charge in [0.25, 0.3) is 5.91 Å². The van der Waals surface area contributed by atoms with E-state index < -0.39 is 0 Å². The molecule has 2 rings (SSSR count). The SMILES string of the molecule is CCc1ccccc1C(=O)Nc1cc(C(N)=S)ccc1Cl. The molecule has 0 spiro atoms. The van der Waals surface area contributed by atoms with Crippen molar-refractivity contribution in [1.82, 2.24) is 0 Å². The molecule has 0 saturated carbocycles. The van der Waals surface area contributed by atoms with Gasteiger partial charge >= 0.3 is 0 Å². The van der Waals surface area contributed by atoms with Crippen LogP contribution in [0.25, 0.3) is 0 Å². The molecule has 0 radical (unpaired) electrons. The topological polar surface area (TPSA) is 55.1 Å². The van der Waals surface area contributed by atoms with E-state index in [0.29, 0.717) is 21.8 Å². The van der Waals surface area contributed by atoms with E-state index in [-0.39, 0.29) is 10.9 Å². The first-order chi connectivity index (χ1) is 10.0. The molecule has 0 aromatic heterocycles. The Morgan fingerprint density at radius 1 is 1.29 bits per heavy atom. The van der Waals surface area contributed by atoms with Gasteiger partial charge in [0, 0.05) is 11.1 Å². The molecule has 21 heavy (non-hydrogen) atoms. The molecule has 108 valence electrons. The first-order valence-electron chi connectivity index (χ1n) is 6.51. The van der Waals surface area contributed by atoms with Crippen molar-refractivity contribution in [1.29, 1.82) is 0 Å². The van der Waals surface area contributed by atoms with Crippen LogP contribution in [0, 0.1) is 0 Å². The third-order valence-corrected chi connectivity index (χ3v) is 3.71. The van der Waals surface area contributed by atoms with E-state index in [1.165, 1.54) is 0 Å². The molecule has 1 amide bonds. The van der Waals surface area contributed by atoms with Crippen LogP contribution in [0.3, 0.4) is 0 Å². The van der Waals surface area contributed by atoms with Crippen LogP contribution in [0.4, 0.5) is 5.69 Å². The zero-order chi connectivity index (χ0) is 15.4. The van der Waals surface area contributed by atoms with E-state index in [1.54, 1.807) is 24.3 Å². The molecule has 0 aliphatic carbocycles. The lowest BCUT2D eigenvalue weighted by molar-refractivity contribution is 0.102. The Labute approximate surface area is 134 Å². The van der Waals surface area contributed by atoms with Gasteiger partial charge in [-0.3, -0.25) is 4.79 Å². The van der Waals surface area contributed by atoms with Crippen molar-refractivity contribution in [3.05, 3.63) is 64.2 Å². The van der Waals surface area contributed by atoms with Crippen LogP contribution < -0.4 is 11.1 Å². The number of hydrogen-bond donors (Lipinski definition) is 2. The number of carbonyl (C=O) groups excluding carboxylic acids is 1. The highest BCUT2D eigenvalue weighted by Gasteiger charge is 2.12. The van der Waals surface area contributed by atoms with Gasteiger partial charge in [-0.15, -0.1) is 0 Å². The minimum atomic E-state index is -0.200. The maximum absolute atomic E-state index is 12.4. The number of rotatable bonds is 4. The Bertz CT molecular complexity index is 700. The van der Waals surface area contributed by atoms with Gasteiger partial charge in [0.1, 0.15) is 4.99 Å². The fourth-order valence-electron chi connectivity index (χ4n) is 2.01. The smallest absolute Gasteiger partial charge is 0.255 e. The van der Waals surface area contributed by atoms with E-state index in [0.717, 1.165) is 12.0 Å². The quantitative estimate of drug-likeness (QED) is 0.843. The summed E-state index contributed by atoms with van der Waals surface area (Å²) in [5.41, 5.74) is 8.37. The second-order valence-corrected chi connectivity index (χ2v) is 5.37. The number of halogens is 1. The minimum Gasteiger partial charge on any atom is -0.389 e. The minimum absolute atomic E-state index is 0.200. The fraction of sp³-hybridized carbons (Fsp3) is 0.125. The number of nitrogens with two attached hydrogens (primary N) is 1. The summed E-state index contributed by atoms with van der Waals surface area (Å²) in [6.07, 6.45) is 0.782. The standard InChI is InChI=1S/C16H15ClN2OS/c1-2-10-5-3-4-6-12(10)16(20)19-14-9-11(15(18)21)7-8-13(14)17/h3-9H,2H2,1H3,(H2,18,21)(H,19,20). The normalized spacial score (nSPS) is 10.2. The molecule has 2 aromatic rings. The predicted octanol–water partition coefficient (Wildman–Crippen LogP) is 3.79. The van der Waals surface area contributed by atoms with Gasteiger partial charge in [-0.05, 0) is 30.2 Å². The first kappa shape index (κ1) is 15.5. The molecule has 3 N–H and O–H groups in total. The number of amides is 1. The zero-order valence-corrected chi connectivity index (χ0v) is 13.1. The van der Waals surface area contributed by atoms with Crippen molar-refractivity contribution in [3.8, 4) is 0 Å². The summed E-state index contributed by atoms with van der Waals surface area (Å²) in [7, 11) is 0. The van der Waals surface area contributed by atoms with Crippen molar-refractivity contribution >= 4 is 40.4 Å². The lowest BCUT2D eigenvalue weighted by Gasteiger charge is -2.11. The summed E-state index contributed by atoms with van der Waals surface area (Å²) in [4.78, 5) is 12.7. The Morgan fingerprint density at radius 2 is 2.00 bits per heavy atom. The van der Waals surface area contributed by atoms with E-state index in [1.807, 2.05) is 25.1 Å². The highest BCUT2D eigenvalue weighted by Crippen LogP contribution is 2.24. The first-order valence-corrected chi connectivity index (χ1v) is 7.30. The van der Waals surface area contributed by atoms with E-state index in [4.69, 9.17) is 29.6 Å². The maximum atomic E-state index is 12.4. The van der Waals surface area contributed by atoms with Crippen LogP contribution in [0.2, 0.25) is 5.02 Å². The lowest BCUT2D eigenvalue weighted by atomic mass is 10.0. The number of nitrogens with one attached hydrogen (secondary N) is 1. The summed E-state index contributed by atoms with van der Waals surface area (Å²) in [5, 5.41) is 3.25. The molecule has 3 nitrogen and oxygen atoms in total. The Hall–Kier alpha value is -1.91. The van der Waals surface area contributed by atoms with E-state index in [9.17, 15) is 4.79 Å². The maximum Gasteiger partial charge on any atom is 0.255 e. The van der Waals surface area contributed by atoms with Crippen molar-refractivity contribution in [2.45, 2.75) is 13.3 Å². The van der Waals surface area contributed by atoms with Crippen molar-refractivity contribution in [2.24, 2.45) is 5.73 Å². The highest BCUT2D eigenvalue weighted by molar-refractivity contribution is 7.80. The Balaban J connectivity index is 2.31. The van der Waals surface area contributed by atoms with Crippen LogP contribution >= 0.6 is 23.8 Å². The van der Waals surface area contributed by atoms with Gasteiger partial charge in [0.05, 0.1) is 10.7 Å². The second-order valence-electron chi connectivity index (χ2n) is 4.52. The monoisotopic (exact) mass is 318 g/mol. The molecule has 5 heteroatoms. The molecule has 0 heterocycles. The number of thiocarbonyl (C=S) groups is 1. The lowest BCUT2D eigenvalue weighted by Crippen LogP contribution is -2.15. The van der Waals surface area contributed by atoms with Crippen LogP contribution in [-0.4, -0.2) is 10.9 Å². The van der Waals surface area contributed by atoms with Crippen LogP contribution in [0.1, 0.15) is 28.4 Å². The number of carbonyl (C=O) groups is 1. The van der Waals surface area contributed by atoms with Gasteiger partial charge in [0.2, 0.25) is 0 Å². The van der Waals surface area contributed by atoms with Crippen molar-refractivity contribution in [2.75, 3.05) is 5.32 Å². The number of benzene rings is 2. The average Bonchev–Trinajstić information content (AvgIpc) is 2.49. The molecule has 0 bridgehead atoms. The number of anilines is 1. The number of hydrogen-bond acceptors (Lipinski definition) is 2. The summed E-state index contributed by atoms with van der Waals surface area (Å²) in [6, 6.07) is 12.5. The summed E-state index contributed by atoms with van der Waals surface area (Å²) < 4.78 is 0. The summed E-state index contributed by atoms with van der Waals surface area (Å²) in [6.45, 7) is 2.01. The molecular weight excluding hydrogens is 304 g/mol. The number of aryl methyl sites for hydroxylation is 1. The Kier molecular flexibility index (Phi) is 4.94. The van der Waals surface area contributed by atoms with E-state index in [2.05, 4.69) is 5.32 Å². The molecule has 2 aromatic carbocycles. The molecular formula is C16H15ClN2OS. The highest BCUT2D eigenvalue weighted by atomic mass is 35.5. The Morgan fingerprint density at radius 3 is 2.67 bits per heavy atom. The summed E-state index contributed by atoms with van der Waals surface area (Å²) >= 11 is 11.0. The van der Waals surface area contributed by atoms with Gasteiger partial charge in [-0.2, -0.15) is 0 Å². The molecule has 0 aliphatic rings. The van der Waals surface area contributed by atoms with Crippen LogP contribution in [-0.2, 0) is 6.42 Å². The molecule has 0 fully saturated rings. The van der Waals surface area contributed by atoms with Gasteiger partial charge in [-0.1, -0.05) is 55.0 Å². The third-order valence-electron chi connectivity index (χ3n) is 3.14. The van der Waals surface area contributed by atoms with Gasteiger partial charge < -0.3 is 11.1 Å². The second kappa shape index (κ2) is 6.70. The zero-order valence-electron chi connectivity index (χ0n) is 11.5. The molecule has 0 unspecified atom stereocenters. The molecule has 0 aliphatic heterocycles. The largest absolute Gasteiger partial charge is 0.389 e. The predicted molar refractivity (Wildman–Crippen MR) is 91.1 cm³/mol.